The number of Topliss-reactive ketones (excluding diaryl/α,β-unsaturated/α-hetero) is 1. The number of hydrogen-bond acceptors (Lipinski definition) is 5. The topological polar surface area (TPSA) is 93.4 Å². The molecule has 182 valence electrons. The van der Waals surface area contributed by atoms with Gasteiger partial charge in [-0.3, -0.25) is 24.6 Å². The van der Waals surface area contributed by atoms with Crippen LogP contribution in [0.4, 0.5) is 11.4 Å². The lowest BCUT2D eigenvalue weighted by molar-refractivity contribution is -0.384. The molecule has 1 heterocycles. The second-order valence-corrected chi connectivity index (χ2v) is 9.35. The van der Waals surface area contributed by atoms with Crippen molar-refractivity contribution in [1.82, 2.24) is 4.98 Å². The number of carbonyl (C=O) groups excluding carboxylic acids is 2. The van der Waals surface area contributed by atoms with Gasteiger partial charge in [0.2, 0.25) is 0 Å². The Bertz CT molecular complexity index is 1170. The molecule has 0 bridgehead atoms. The van der Waals surface area contributed by atoms with Crippen LogP contribution in [0.15, 0.2) is 71.3 Å². The SMILES string of the molecule is CCCCCCC(=O)C(c1ccc([N+](=O)[O-])cc1)N(C(=O)c1ccc(Cl)nc1)c1ccc(Br)cc1. The van der Waals surface area contributed by atoms with Gasteiger partial charge in [0.25, 0.3) is 11.6 Å². The van der Waals surface area contributed by atoms with Gasteiger partial charge in [0.05, 0.1) is 10.5 Å². The normalized spacial score (nSPS) is 11.6. The maximum absolute atomic E-state index is 13.8. The van der Waals surface area contributed by atoms with Gasteiger partial charge in [-0.1, -0.05) is 53.7 Å². The summed E-state index contributed by atoms with van der Waals surface area (Å²) in [7, 11) is 0. The third-order valence-corrected chi connectivity index (χ3v) is 6.31. The number of non-ortho nitro benzene ring substituents is 1. The molecule has 2 aromatic carbocycles. The molecule has 0 radical (unpaired) electrons. The zero-order valence-electron chi connectivity index (χ0n) is 19.2. The predicted molar refractivity (Wildman–Crippen MR) is 140 cm³/mol. The van der Waals surface area contributed by atoms with Crippen molar-refractivity contribution < 1.29 is 14.5 Å². The van der Waals surface area contributed by atoms with E-state index in [-0.39, 0.29) is 28.6 Å². The summed E-state index contributed by atoms with van der Waals surface area (Å²) in [6.07, 6.45) is 5.30. The van der Waals surface area contributed by atoms with Crippen molar-refractivity contribution in [3.63, 3.8) is 0 Å². The molecule has 1 amide bonds. The number of anilines is 1. The Labute approximate surface area is 217 Å². The van der Waals surface area contributed by atoms with Crippen LogP contribution >= 0.6 is 27.5 Å². The molecule has 3 aromatic rings. The number of rotatable bonds is 11. The monoisotopic (exact) mass is 557 g/mol. The number of nitrogens with zero attached hydrogens (tertiary/aromatic N) is 3. The molecule has 3 rings (SSSR count). The van der Waals surface area contributed by atoms with E-state index in [9.17, 15) is 19.7 Å². The Kier molecular flexibility index (Phi) is 9.51. The maximum atomic E-state index is 13.8. The fourth-order valence-corrected chi connectivity index (χ4v) is 4.12. The highest BCUT2D eigenvalue weighted by Crippen LogP contribution is 2.33. The van der Waals surface area contributed by atoms with Crippen LogP contribution in [0, 0.1) is 10.1 Å². The Morgan fingerprint density at radius 2 is 1.71 bits per heavy atom. The molecule has 1 unspecified atom stereocenters. The molecule has 0 aliphatic rings. The number of unbranched alkanes of at least 4 members (excludes halogenated alkanes) is 3. The number of ketones is 1. The minimum absolute atomic E-state index is 0.0914. The Morgan fingerprint density at radius 3 is 2.29 bits per heavy atom. The molecule has 0 N–H and O–H groups in total. The molecule has 9 heteroatoms. The van der Waals surface area contributed by atoms with Gasteiger partial charge in [-0.25, -0.2) is 4.98 Å². The smallest absolute Gasteiger partial charge is 0.269 e. The van der Waals surface area contributed by atoms with E-state index in [1.807, 2.05) is 0 Å². The molecule has 0 aliphatic carbocycles. The van der Waals surface area contributed by atoms with Gasteiger partial charge in [0.1, 0.15) is 11.2 Å². The first-order valence-corrected chi connectivity index (χ1v) is 12.5. The maximum Gasteiger partial charge on any atom is 0.269 e. The number of aromatic nitrogens is 1. The van der Waals surface area contributed by atoms with Gasteiger partial charge in [-0.15, -0.1) is 0 Å². The van der Waals surface area contributed by atoms with E-state index in [4.69, 9.17) is 11.6 Å². The minimum atomic E-state index is -0.971. The number of nitro benzene ring substituents is 1. The van der Waals surface area contributed by atoms with Crippen LogP contribution in [-0.2, 0) is 4.79 Å². The molecule has 35 heavy (non-hydrogen) atoms. The molecular formula is C26H25BrClN3O4. The van der Waals surface area contributed by atoms with Crippen LogP contribution in [0.1, 0.15) is 61.0 Å². The number of pyridine rings is 1. The predicted octanol–water partition coefficient (Wildman–Crippen LogP) is 7.33. The van der Waals surface area contributed by atoms with E-state index in [0.717, 1.165) is 23.7 Å². The van der Waals surface area contributed by atoms with Gasteiger partial charge in [0.15, 0.2) is 5.78 Å². The number of amides is 1. The standard InChI is InChI=1S/C26H25BrClN3O4/c1-2-3-4-5-6-23(32)25(18-7-12-22(13-8-18)31(34)35)30(21-14-10-20(27)11-15-21)26(33)19-9-16-24(28)29-17-19/h7-17,25H,2-6H2,1H3. The summed E-state index contributed by atoms with van der Waals surface area (Å²) >= 11 is 9.32. The van der Waals surface area contributed by atoms with E-state index in [2.05, 4.69) is 27.8 Å². The molecule has 7 nitrogen and oxygen atoms in total. The Morgan fingerprint density at radius 1 is 1.03 bits per heavy atom. The summed E-state index contributed by atoms with van der Waals surface area (Å²) in [6.45, 7) is 2.09. The quantitative estimate of drug-likeness (QED) is 0.106. The van der Waals surface area contributed by atoms with Gasteiger partial charge < -0.3 is 0 Å². The second-order valence-electron chi connectivity index (χ2n) is 8.05. The summed E-state index contributed by atoms with van der Waals surface area (Å²) in [5.74, 6) is -0.574. The van der Waals surface area contributed by atoms with Crippen molar-refractivity contribution in [3.05, 3.63) is 97.7 Å². The molecule has 0 fully saturated rings. The lowest BCUT2D eigenvalue weighted by Crippen LogP contribution is -2.39. The lowest BCUT2D eigenvalue weighted by Gasteiger charge is -2.31. The zero-order valence-corrected chi connectivity index (χ0v) is 21.5. The summed E-state index contributed by atoms with van der Waals surface area (Å²) in [4.78, 5) is 43.5. The molecule has 0 saturated carbocycles. The number of hydrogen-bond donors (Lipinski definition) is 0. The third kappa shape index (κ3) is 6.96. The second kappa shape index (κ2) is 12.6. The summed E-state index contributed by atoms with van der Waals surface area (Å²) in [6, 6.07) is 14.9. The van der Waals surface area contributed by atoms with Crippen LogP contribution in [0.3, 0.4) is 0 Å². The van der Waals surface area contributed by atoms with Crippen LogP contribution in [0.5, 0.6) is 0 Å². The Balaban J connectivity index is 2.10. The summed E-state index contributed by atoms with van der Waals surface area (Å²) < 4.78 is 0.819. The zero-order chi connectivity index (χ0) is 25.4. The van der Waals surface area contributed by atoms with E-state index < -0.39 is 16.9 Å². The van der Waals surface area contributed by atoms with Gasteiger partial charge in [-0.05, 0) is 60.5 Å². The first kappa shape index (κ1) is 26.5. The first-order valence-electron chi connectivity index (χ1n) is 11.3. The van der Waals surface area contributed by atoms with E-state index >= 15 is 0 Å². The number of carbonyl (C=O) groups is 2. The van der Waals surface area contributed by atoms with Crippen LogP contribution in [-0.4, -0.2) is 21.6 Å². The van der Waals surface area contributed by atoms with Crippen LogP contribution < -0.4 is 4.90 Å². The minimum Gasteiger partial charge on any atom is -0.297 e. The highest BCUT2D eigenvalue weighted by Gasteiger charge is 2.33. The van der Waals surface area contributed by atoms with E-state index in [1.54, 1.807) is 30.3 Å². The molecule has 1 atom stereocenters. The first-order chi connectivity index (χ1) is 16.8. The summed E-state index contributed by atoms with van der Waals surface area (Å²) in [5.41, 5.74) is 1.18. The van der Waals surface area contributed by atoms with E-state index in [1.165, 1.54) is 41.4 Å². The van der Waals surface area contributed by atoms with Crippen molar-refractivity contribution in [1.29, 1.82) is 0 Å². The molecule has 0 aliphatic heterocycles. The van der Waals surface area contributed by atoms with Crippen molar-refractivity contribution in [2.75, 3.05) is 4.90 Å². The number of benzene rings is 2. The van der Waals surface area contributed by atoms with Gasteiger partial charge in [0, 0.05) is 34.9 Å². The highest BCUT2D eigenvalue weighted by atomic mass is 79.9. The van der Waals surface area contributed by atoms with Crippen molar-refractivity contribution in [2.45, 2.75) is 45.1 Å². The van der Waals surface area contributed by atoms with Gasteiger partial charge in [-0.2, -0.15) is 0 Å². The molecule has 0 saturated heterocycles. The molecule has 1 aromatic heterocycles. The Hall–Kier alpha value is -3.10. The molecular weight excluding hydrogens is 534 g/mol. The van der Waals surface area contributed by atoms with E-state index in [0.29, 0.717) is 17.7 Å². The average molecular weight is 559 g/mol. The summed E-state index contributed by atoms with van der Waals surface area (Å²) in [5, 5.41) is 11.4. The largest absolute Gasteiger partial charge is 0.297 e. The van der Waals surface area contributed by atoms with Crippen molar-refractivity contribution in [2.24, 2.45) is 0 Å². The number of nitro groups is 1. The van der Waals surface area contributed by atoms with Crippen LogP contribution in [0.25, 0.3) is 0 Å². The lowest BCUT2D eigenvalue weighted by atomic mass is 9.95. The highest BCUT2D eigenvalue weighted by molar-refractivity contribution is 9.10. The van der Waals surface area contributed by atoms with Crippen LogP contribution in [0.2, 0.25) is 5.15 Å². The van der Waals surface area contributed by atoms with Gasteiger partial charge >= 0.3 is 0 Å². The van der Waals surface area contributed by atoms with Crippen molar-refractivity contribution >= 4 is 50.6 Å². The fraction of sp³-hybridized carbons (Fsp3) is 0.269. The number of halogens is 2. The van der Waals surface area contributed by atoms with Crippen molar-refractivity contribution in [3.8, 4) is 0 Å². The molecule has 0 spiro atoms. The third-order valence-electron chi connectivity index (χ3n) is 5.56. The average Bonchev–Trinajstić information content (AvgIpc) is 2.86. The fourth-order valence-electron chi connectivity index (χ4n) is 3.75.